The number of likely N-dealkylation sites (tertiary alicyclic amines) is 1. The van der Waals surface area contributed by atoms with Crippen molar-refractivity contribution in [3.05, 3.63) is 0 Å². The molecule has 0 spiro atoms. The molecule has 5 nitrogen and oxygen atoms in total. The van der Waals surface area contributed by atoms with Gasteiger partial charge >= 0.3 is 11.9 Å². The number of aliphatic carboxylic acids is 1. The predicted octanol–water partition coefficient (Wildman–Crippen LogP) is 11.5. The Hall–Kier alpha value is -1.10. The third kappa shape index (κ3) is 20.8. The van der Waals surface area contributed by atoms with Crippen LogP contribution in [0.15, 0.2) is 0 Å². The van der Waals surface area contributed by atoms with Crippen molar-refractivity contribution in [3.8, 4) is 0 Å². The van der Waals surface area contributed by atoms with Crippen LogP contribution < -0.4 is 0 Å². The summed E-state index contributed by atoms with van der Waals surface area (Å²) in [6.45, 7) is 7.64. The number of piperidine rings is 1. The maximum atomic E-state index is 12.4. The number of carboxylic acids is 1. The summed E-state index contributed by atoms with van der Waals surface area (Å²) < 4.78 is 5.87. The smallest absolute Gasteiger partial charge is 0.306 e. The fourth-order valence-electron chi connectivity index (χ4n) is 7.26. The van der Waals surface area contributed by atoms with E-state index in [0.29, 0.717) is 18.4 Å². The molecule has 260 valence electrons. The van der Waals surface area contributed by atoms with Gasteiger partial charge in [0.25, 0.3) is 0 Å². The predicted molar refractivity (Wildman–Crippen MR) is 187 cm³/mol. The Morgan fingerprint density at radius 2 is 1.11 bits per heavy atom. The van der Waals surface area contributed by atoms with Crippen molar-refractivity contribution in [1.29, 1.82) is 0 Å². The zero-order valence-electron chi connectivity index (χ0n) is 29.9. The van der Waals surface area contributed by atoms with E-state index in [2.05, 4.69) is 32.7 Å². The number of esters is 1. The number of unbranched alkanes of at least 4 members (excludes halogenated alkanes) is 17. The molecule has 1 heterocycles. The Bertz CT molecular complexity index is 683. The normalized spacial score (nSPS) is 18.7. The monoisotopic (exact) mass is 622 g/mol. The number of hydrogen-bond donors (Lipinski definition) is 1. The molecule has 1 aliphatic heterocycles. The lowest BCUT2D eigenvalue weighted by atomic mass is 9.79. The van der Waals surface area contributed by atoms with E-state index in [1.165, 1.54) is 122 Å². The van der Waals surface area contributed by atoms with E-state index in [-0.39, 0.29) is 18.0 Å². The maximum absolute atomic E-state index is 12.4. The number of carbonyl (C=O) groups is 2. The molecule has 0 bridgehead atoms. The first kappa shape index (κ1) is 40.9. The van der Waals surface area contributed by atoms with E-state index in [9.17, 15) is 14.7 Å². The van der Waals surface area contributed by atoms with Crippen molar-refractivity contribution in [2.24, 2.45) is 11.8 Å². The first-order valence-corrected chi connectivity index (χ1v) is 19.5. The number of ether oxygens (including phenoxy) is 1. The van der Waals surface area contributed by atoms with Crippen LogP contribution in [0.5, 0.6) is 0 Å². The average molecular weight is 622 g/mol. The summed E-state index contributed by atoms with van der Waals surface area (Å²) in [5.74, 6) is -0.0994. The minimum atomic E-state index is -0.594. The van der Waals surface area contributed by atoms with E-state index in [1.807, 2.05) is 0 Å². The van der Waals surface area contributed by atoms with Gasteiger partial charge in [-0.05, 0) is 70.9 Å². The molecule has 1 fully saturated rings. The summed E-state index contributed by atoms with van der Waals surface area (Å²) in [4.78, 5) is 26.7. The fraction of sp³-hybridized carbons (Fsp3) is 0.949. The van der Waals surface area contributed by atoms with Crippen LogP contribution in [0.25, 0.3) is 0 Å². The van der Waals surface area contributed by atoms with Gasteiger partial charge in [0.2, 0.25) is 0 Å². The lowest BCUT2D eigenvalue weighted by Crippen LogP contribution is -2.46. The van der Waals surface area contributed by atoms with Crippen molar-refractivity contribution in [2.45, 2.75) is 213 Å². The number of carboxylic acid groups (broad SMARTS) is 1. The van der Waals surface area contributed by atoms with Crippen LogP contribution in [0, 0.1) is 11.8 Å². The molecule has 1 rings (SSSR count). The van der Waals surface area contributed by atoms with Gasteiger partial charge in [-0.15, -0.1) is 0 Å². The van der Waals surface area contributed by atoms with Gasteiger partial charge in [0.05, 0.1) is 5.92 Å². The first-order valence-electron chi connectivity index (χ1n) is 19.5. The molecule has 0 aromatic carbocycles. The number of rotatable bonds is 30. The molecule has 1 N–H and O–H groups in total. The Labute approximate surface area is 274 Å². The van der Waals surface area contributed by atoms with Crippen LogP contribution in [0.1, 0.15) is 201 Å². The van der Waals surface area contributed by atoms with Gasteiger partial charge in [0, 0.05) is 12.5 Å². The van der Waals surface area contributed by atoms with Crippen LogP contribution in [0.2, 0.25) is 0 Å². The van der Waals surface area contributed by atoms with Gasteiger partial charge in [-0.25, -0.2) is 0 Å². The summed E-state index contributed by atoms with van der Waals surface area (Å²) in [7, 11) is 2.22. The van der Waals surface area contributed by atoms with E-state index in [4.69, 9.17) is 4.74 Å². The summed E-state index contributed by atoms with van der Waals surface area (Å²) in [6.07, 6.45) is 33.2. The summed E-state index contributed by atoms with van der Waals surface area (Å²) in [6, 6.07) is 0.430. The van der Waals surface area contributed by atoms with Gasteiger partial charge < -0.3 is 14.7 Å². The zero-order valence-corrected chi connectivity index (χ0v) is 29.9. The molecule has 4 unspecified atom stereocenters. The third-order valence-corrected chi connectivity index (χ3v) is 10.3. The molecule has 1 aliphatic rings. The topological polar surface area (TPSA) is 66.8 Å². The molecule has 0 saturated carbocycles. The average Bonchev–Trinajstić information content (AvgIpc) is 3.01. The number of hydrogen-bond acceptors (Lipinski definition) is 4. The van der Waals surface area contributed by atoms with Gasteiger partial charge in [-0.3, -0.25) is 9.59 Å². The van der Waals surface area contributed by atoms with Crippen molar-refractivity contribution >= 4 is 11.9 Å². The Balaban J connectivity index is 2.26. The van der Waals surface area contributed by atoms with Crippen LogP contribution in [-0.2, 0) is 14.3 Å². The molecule has 0 aromatic heterocycles. The highest BCUT2D eigenvalue weighted by Crippen LogP contribution is 2.33. The second kappa shape index (κ2) is 28.1. The molecular formula is C39H75NO4. The van der Waals surface area contributed by atoms with Crippen LogP contribution in [-0.4, -0.2) is 47.7 Å². The highest BCUT2D eigenvalue weighted by atomic mass is 16.5. The van der Waals surface area contributed by atoms with E-state index < -0.39 is 5.97 Å². The lowest BCUT2D eigenvalue weighted by molar-refractivity contribution is -0.150. The highest BCUT2D eigenvalue weighted by molar-refractivity contribution is 5.70. The van der Waals surface area contributed by atoms with E-state index in [0.717, 1.165) is 57.9 Å². The molecule has 44 heavy (non-hydrogen) atoms. The second-order valence-corrected chi connectivity index (χ2v) is 14.2. The molecule has 0 radical (unpaired) electrons. The molecule has 5 heteroatoms. The van der Waals surface area contributed by atoms with Crippen molar-refractivity contribution in [3.63, 3.8) is 0 Å². The van der Waals surface area contributed by atoms with Gasteiger partial charge in [-0.1, -0.05) is 143 Å². The zero-order chi connectivity index (χ0) is 32.3. The second-order valence-electron chi connectivity index (χ2n) is 14.2. The fourth-order valence-corrected chi connectivity index (χ4v) is 7.26. The standard InChI is InChI=1S/C39H75NO4/c1-5-8-11-13-16-19-22-26-34(37-33-35(39(42)43)31-32-40(37)4)27-23-20-17-14-15-18-21-25-30-38(41)44-36(28-10-7-3)29-24-12-9-6-2/h34-37H,5-33H2,1-4H3,(H,42,43). The number of carbonyl (C=O) groups excluding carboxylic acids is 1. The SMILES string of the molecule is CCCCCCCCCC(CCCCCCCCCCC(=O)OC(CCCC)CCCCCC)C1CC(C(=O)O)CCN1C. The summed E-state index contributed by atoms with van der Waals surface area (Å²) >= 11 is 0. The largest absolute Gasteiger partial charge is 0.481 e. The van der Waals surface area contributed by atoms with Crippen LogP contribution >= 0.6 is 0 Å². The van der Waals surface area contributed by atoms with E-state index in [1.54, 1.807) is 0 Å². The van der Waals surface area contributed by atoms with Crippen LogP contribution in [0.3, 0.4) is 0 Å². The van der Waals surface area contributed by atoms with Gasteiger partial charge in [0.15, 0.2) is 0 Å². The maximum Gasteiger partial charge on any atom is 0.306 e. The van der Waals surface area contributed by atoms with Crippen molar-refractivity contribution in [1.82, 2.24) is 4.90 Å². The molecule has 0 aromatic rings. The molecule has 0 aliphatic carbocycles. The Morgan fingerprint density at radius 3 is 1.66 bits per heavy atom. The number of nitrogens with zero attached hydrogens (tertiary/aromatic N) is 1. The molecule has 0 amide bonds. The van der Waals surface area contributed by atoms with Gasteiger partial charge in [-0.2, -0.15) is 0 Å². The summed E-state index contributed by atoms with van der Waals surface area (Å²) in [5, 5.41) is 9.68. The molecule has 4 atom stereocenters. The van der Waals surface area contributed by atoms with Crippen molar-refractivity contribution < 1.29 is 19.4 Å². The Kier molecular flexibility index (Phi) is 26.2. The molecular weight excluding hydrogens is 546 g/mol. The first-order chi connectivity index (χ1) is 21.4. The minimum Gasteiger partial charge on any atom is -0.481 e. The van der Waals surface area contributed by atoms with Crippen LogP contribution in [0.4, 0.5) is 0 Å². The molecule has 1 saturated heterocycles. The lowest BCUT2D eigenvalue weighted by Gasteiger charge is -2.40. The van der Waals surface area contributed by atoms with E-state index >= 15 is 0 Å². The van der Waals surface area contributed by atoms with Gasteiger partial charge in [0.1, 0.15) is 6.10 Å². The van der Waals surface area contributed by atoms with Crippen molar-refractivity contribution in [2.75, 3.05) is 13.6 Å². The Morgan fingerprint density at radius 1 is 0.659 bits per heavy atom. The highest BCUT2D eigenvalue weighted by Gasteiger charge is 2.34. The quantitative estimate of drug-likeness (QED) is 0.0638. The third-order valence-electron chi connectivity index (χ3n) is 10.3. The summed E-state index contributed by atoms with van der Waals surface area (Å²) in [5.41, 5.74) is 0. The minimum absolute atomic E-state index is 0.0194.